The average Bonchev–Trinajstić information content (AvgIpc) is 2.85. The summed E-state index contributed by atoms with van der Waals surface area (Å²) >= 11 is 0. The first-order valence-corrected chi connectivity index (χ1v) is 11.3. The Morgan fingerprint density at radius 2 is 1.82 bits per heavy atom. The molecule has 0 N–H and O–H groups in total. The van der Waals surface area contributed by atoms with E-state index in [0.717, 1.165) is 21.9 Å². The van der Waals surface area contributed by atoms with Crippen LogP contribution in [0.4, 0.5) is 0 Å². The van der Waals surface area contributed by atoms with Crippen molar-refractivity contribution in [1.82, 2.24) is 9.88 Å². The number of pyridine rings is 1. The molecule has 0 saturated carbocycles. The summed E-state index contributed by atoms with van der Waals surface area (Å²) in [5, 5.41) is 2.03. The molecule has 0 spiro atoms. The van der Waals surface area contributed by atoms with Gasteiger partial charge in [-0.15, -0.1) is 0 Å². The van der Waals surface area contributed by atoms with Gasteiger partial charge in [0.25, 0.3) is 5.91 Å². The Labute approximate surface area is 196 Å². The van der Waals surface area contributed by atoms with Crippen LogP contribution in [0.5, 0.6) is 5.75 Å². The maximum absolute atomic E-state index is 13.3. The Morgan fingerprint density at radius 1 is 1.09 bits per heavy atom. The zero-order valence-electron chi connectivity index (χ0n) is 19.7. The fraction of sp³-hybridized carbons (Fsp3) is 0.241. The first-order chi connectivity index (χ1) is 16.1. The molecule has 3 rings (SSSR count). The molecule has 0 fully saturated rings. The number of hydrogen-bond donors (Lipinski definition) is 0. The number of aromatic nitrogens is 1. The molecule has 0 bridgehead atoms. The van der Waals surface area contributed by atoms with E-state index in [1.807, 2.05) is 79.4 Å². The second-order valence-electron chi connectivity index (χ2n) is 8.01. The van der Waals surface area contributed by atoms with E-state index in [4.69, 9.17) is 4.74 Å². The van der Waals surface area contributed by atoms with E-state index in [1.54, 1.807) is 12.4 Å². The lowest BCUT2D eigenvalue weighted by Crippen LogP contribution is -2.37. The van der Waals surface area contributed by atoms with Crippen LogP contribution < -0.4 is 4.74 Å². The molecule has 4 nitrogen and oxygen atoms in total. The van der Waals surface area contributed by atoms with Crippen LogP contribution in [0.15, 0.2) is 91.3 Å². The molecule has 170 valence electrons. The van der Waals surface area contributed by atoms with Gasteiger partial charge < -0.3 is 9.64 Å². The van der Waals surface area contributed by atoms with Crippen molar-refractivity contribution in [2.75, 3.05) is 13.2 Å². The van der Waals surface area contributed by atoms with Gasteiger partial charge in [0.15, 0.2) is 6.61 Å². The smallest absolute Gasteiger partial charge is 0.260 e. The van der Waals surface area contributed by atoms with Crippen LogP contribution in [0.2, 0.25) is 0 Å². The molecule has 1 heterocycles. The fourth-order valence-electron chi connectivity index (χ4n) is 3.97. The van der Waals surface area contributed by atoms with Crippen LogP contribution in [-0.2, 0) is 11.3 Å². The minimum Gasteiger partial charge on any atom is -0.483 e. The summed E-state index contributed by atoms with van der Waals surface area (Å²) in [5.41, 5.74) is 3.29. The van der Waals surface area contributed by atoms with Crippen LogP contribution in [0, 0.1) is 5.92 Å². The molecule has 1 aromatic heterocycles. The minimum atomic E-state index is -0.0496. The number of rotatable bonds is 10. The van der Waals surface area contributed by atoms with E-state index in [1.165, 1.54) is 5.57 Å². The second-order valence-corrected chi connectivity index (χ2v) is 8.01. The molecule has 0 radical (unpaired) electrons. The first kappa shape index (κ1) is 24.0. The summed E-state index contributed by atoms with van der Waals surface area (Å²) in [4.78, 5) is 19.3. The lowest BCUT2D eigenvalue weighted by molar-refractivity contribution is -0.134. The van der Waals surface area contributed by atoms with Gasteiger partial charge in [-0.3, -0.25) is 9.78 Å². The highest BCUT2D eigenvalue weighted by Gasteiger charge is 2.19. The zero-order chi connectivity index (χ0) is 23.6. The topological polar surface area (TPSA) is 42.4 Å². The van der Waals surface area contributed by atoms with Gasteiger partial charge in [-0.05, 0) is 60.1 Å². The highest BCUT2D eigenvalue weighted by Crippen LogP contribution is 2.29. The van der Waals surface area contributed by atoms with Crippen molar-refractivity contribution < 1.29 is 9.53 Å². The Hall–Kier alpha value is -3.66. The number of fused-ring (bicyclic) bond motifs is 1. The third-order valence-corrected chi connectivity index (χ3v) is 5.72. The second kappa shape index (κ2) is 11.8. The fourth-order valence-corrected chi connectivity index (χ4v) is 3.97. The van der Waals surface area contributed by atoms with E-state index >= 15 is 0 Å². The van der Waals surface area contributed by atoms with Crippen LogP contribution in [0.25, 0.3) is 16.8 Å². The van der Waals surface area contributed by atoms with E-state index < -0.39 is 0 Å². The Bertz CT molecular complexity index is 1150. The van der Waals surface area contributed by atoms with Gasteiger partial charge in [0.05, 0.1) is 0 Å². The number of amides is 1. The molecule has 33 heavy (non-hydrogen) atoms. The van der Waals surface area contributed by atoms with Crippen molar-refractivity contribution in [2.45, 2.75) is 27.3 Å². The van der Waals surface area contributed by atoms with Gasteiger partial charge in [-0.25, -0.2) is 0 Å². The molecule has 0 aliphatic rings. The number of carbonyl (C=O) groups excluding carboxylic acids is 1. The molecule has 1 unspecified atom stereocenters. The summed E-state index contributed by atoms with van der Waals surface area (Å²) in [5.74, 6) is 0.848. The number of carbonyl (C=O) groups is 1. The molecule has 0 aliphatic carbocycles. The number of hydrogen-bond acceptors (Lipinski definition) is 3. The Kier molecular flexibility index (Phi) is 8.59. The van der Waals surface area contributed by atoms with Crippen LogP contribution >= 0.6 is 0 Å². The average molecular weight is 441 g/mol. The zero-order valence-corrected chi connectivity index (χ0v) is 19.7. The van der Waals surface area contributed by atoms with Crippen LogP contribution in [-0.4, -0.2) is 28.9 Å². The van der Waals surface area contributed by atoms with Gasteiger partial charge in [0, 0.05) is 30.9 Å². The maximum Gasteiger partial charge on any atom is 0.260 e. The predicted octanol–water partition coefficient (Wildman–Crippen LogP) is 6.44. The summed E-state index contributed by atoms with van der Waals surface area (Å²) in [7, 11) is 0. The van der Waals surface area contributed by atoms with E-state index in [-0.39, 0.29) is 18.4 Å². The molecule has 0 saturated heterocycles. The van der Waals surface area contributed by atoms with Gasteiger partial charge in [-0.2, -0.15) is 0 Å². The van der Waals surface area contributed by atoms with Gasteiger partial charge in [0.2, 0.25) is 0 Å². The molecule has 2 aromatic carbocycles. The Balaban J connectivity index is 1.80. The summed E-state index contributed by atoms with van der Waals surface area (Å²) in [6, 6.07) is 15.8. The molecular weight excluding hydrogens is 408 g/mol. The third kappa shape index (κ3) is 6.19. The quantitative estimate of drug-likeness (QED) is 0.341. The minimum absolute atomic E-state index is 0.0238. The summed E-state index contributed by atoms with van der Waals surface area (Å²) in [6.07, 6.45) is 11.6. The standard InChI is InChI=1S/C29H32N2O2/c1-5-10-24(6-2)22(4)19-31(20-23-15-17-30-18-16-23)29(32)21-33-28-14-13-25(7-3)26-11-8-9-12-27(26)28/h5-18,22H,3,19-21H2,1-2,4H3/b10-5-,24-6+. The van der Waals surface area contributed by atoms with E-state index in [2.05, 4.69) is 30.6 Å². The molecule has 0 aliphatic heterocycles. The van der Waals surface area contributed by atoms with Crippen molar-refractivity contribution in [1.29, 1.82) is 0 Å². The lowest BCUT2D eigenvalue weighted by atomic mass is 9.99. The number of ether oxygens (including phenoxy) is 1. The van der Waals surface area contributed by atoms with Gasteiger partial charge in [-0.1, -0.05) is 68.1 Å². The van der Waals surface area contributed by atoms with Crippen molar-refractivity contribution in [2.24, 2.45) is 5.92 Å². The molecular formula is C29H32N2O2. The number of benzene rings is 2. The van der Waals surface area contributed by atoms with E-state index in [0.29, 0.717) is 18.8 Å². The molecule has 1 atom stereocenters. The molecule has 4 heteroatoms. The molecule has 3 aromatic rings. The largest absolute Gasteiger partial charge is 0.483 e. The van der Waals surface area contributed by atoms with Crippen LogP contribution in [0.1, 0.15) is 31.9 Å². The van der Waals surface area contributed by atoms with Crippen molar-refractivity contribution in [3.8, 4) is 5.75 Å². The normalized spacial score (nSPS) is 12.6. The number of nitrogens with zero attached hydrogens (tertiary/aromatic N) is 2. The van der Waals surface area contributed by atoms with E-state index in [9.17, 15) is 4.79 Å². The molecule has 1 amide bonds. The lowest BCUT2D eigenvalue weighted by Gasteiger charge is -2.27. The third-order valence-electron chi connectivity index (χ3n) is 5.72. The van der Waals surface area contributed by atoms with Crippen molar-refractivity contribution in [3.63, 3.8) is 0 Å². The SMILES string of the molecule is C=Cc1ccc(OCC(=O)N(Cc2ccncc2)CC(C)C(/C=C\C)=C/C)c2ccccc12. The van der Waals surface area contributed by atoms with Gasteiger partial charge >= 0.3 is 0 Å². The maximum atomic E-state index is 13.3. The number of allylic oxidation sites excluding steroid dienone is 3. The Morgan fingerprint density at radius 3 is 2.48 bits per heavy atom. The van der Waals surface area contributed by atoms with Gasteiger partial charge in [0.1, 0.15) is 5.75 Å². The predicted molar refractivity (Wildman–Crippen MR) is 137 cm³/mol. The summed E-state index contributed by atoms with van der Waals surface area (Å²) in [6.45, 7) is 11.2. The summed E-state index contributed by atoms with van der Waals surface area (Å²) < 4.78 is 6.05. The monoisotopic (exact) mass is 440 g/mol. The van der Waals surface area contributed by atoms with Crippen molar-refractivity contribution >= 4 is 22.8 Å². The first-order valence-electron chi connectivity index (χ1n) is 11.3. The highest BCUT2D eigenvalue weighted by molar-refractivity contribution is 5.95. The highest BCUT2D eigenvalue weighted by atomic mass is 16.5. The van der Waals surface area contributed by atoms with Crippen LogP contribution in [0.3, 0.4) is 0 Å². The van der Waals surface area contributed by atoms with Crippen molar-refractivity contribution in [3.05, 3.63) is 102 Å².